The molecule has 0 amide bonds. The number of nitrogens with zero attached hydrogens (tertiary/aromatic N) is 2. The molecule has 3 fully saturated rings. The number of carbonyl (C=O) groups excluding carboxylic acids is 1. The topological polar surface area (TPSA) is 259 Å². The van der Waals surface area contributed by atoms with E-state index in [1.807, 2.05) is 70.1 Å². The Morgan fingerprint density at radius 3 is 2.30 bits per heavy atom. The van der Waals surface area contributed by atoms with Crippen LogP contribution in [-0.4, -0.2) is 168 Å². The highest BCUT2D eigenvalue weighted by atomic mass is 32.2. The monoisotopic (exact) mass is 1020 g/mol. The minimum Gasteiger partial charge on any atom is -0.494 e. The van der Waals surface area contributed by atoms with Gasteiger partial charge in [-0.2, -0.15) is 0 Å². The lowest BCUT2D eigenvalue weighted by Crippen LogP contribution is -2.59. The van der Waals surface area contributed by atoms with Gasteiger partial charge in [-0.25, -0.2) is 0 Å². The lowest BCUT2D eigenvalue weighted by Gasteiger charge is -2.48. The smallest absolute Gasteiger partial charge is 0.311 e. The van der Waals surface area contributed by atoms with Crippen LogP contribution in [0, 0.1) is 17.8 Å². The van der Waals surface area contributed by atoms with E-state index in [1.54, 1.807) is 40.0 Å². The van der Waals surface area contributed by atoms with E-state index in [4.69, 9.17) is 49.8 Å². The summed E-state index contributed by atoms with van der Waals surface area (Å²) in [6.07, 6.45) is -2.60. The van der Waals surface area contributed by atoms with Crippen molar-refractivity contribution in [3.8, 4) is 5.75 Å². The van der Waals surface area contributed by atoms with E-state index >= 15 is 0 Å². The van der Waals surface area contributed by atoms with Crippen LogP contribution in [0.4, 0.5) is 0 Å². The van der Waals surface area contributed by atoms with E-state index < -0.39 is 89.9 Å². The zero-order chi connectivity index (χ0) is 53.0. The van der Waals surface area contributed by atoms with Crippen molar-refractivity contribution in [1.29, 1.82) is 0 Å². The van der Waals surface area contributed by atoms with Crippen LogP contribution >= 0.6 is 11.9 Å². The molecule has 0 radical (unpaired) electrons. The molecule has 0 spiro atoms. The molecule has 0 aromatic heterocycles. The fourth-order valence-corrected chi connectivity index (χ4v) is 10.9. The number of nitrogens with two attached hydrogens (primary N) is 3. The van der Waals surface area contributed by atoms with Crippen LogP contribution in [0.25, 0.3) is 5.70 Å². The Balaban J connectivity index is 1.53. The first-order chi connectivity index (χ1) is 33.3. The van der Waals surface area contributed by atoms with E-state index in [0.717, 1.165) is 41.8 Å². The van der Waals surface area contributed by atoms with Gasteiger partial charge in [0, 0.05) is 87.0 Å². The molecule has 3 saturated heterocycles. The number of benzene rings is 1. The van der Waals surface area contributed by atoms with Crippen LogP contribution in [0.2, 0.25) is 0 Å². The van der Waals surface area contributed by atoms with Gasteiger partial charge in [0.2, 0.25) is 0 Å². The quantitative estimate of drug-likeness (QED) is 0.0575. The second-order valence-corrected chi connectivity index (χ2v) is 21.9. The fourth-order valence-electron chi connectivity index (χ4n) is 10.6. The predicted octanol–water partition coefficient (Wildman–Crippen LogP) is 4.41. The Morgan fingerprint density at radius 2 is 1.66 bits per heavy atom. The molecule has 3 aliphatic rings. The minimum absolute atomic E-state index is 0.0562. The molecule has 0 saturated carbocycles. The number of methoxy groups -OCH3 is 1. The summed E-state index contributed by atoms with van der Waals surface area (Å²) in [4.78, 5) is 18.7. The Morgan fingerprint density at radius 1 is 0.986 bits per heavy atom. The maximum absolute atomic E-state index is 14.5. The van der Waals surface area contributed by atoms with Gasteiger partial charge in [-0.1, -0.05) is 32.7 Å². The number of hydrogen-bond donors (Lipinski definition) is 8. The molecule has 4 rings (SSSR count). The van der Waals surface area contributed by atoms with Crippen molar-refractivity contribution < 1.29 is 58.4 Å². The molecular formula is C52H92N6O12S. The summed E-state index contributed by atoms with van der Waals surface area (Å²) in [5.74, 6) is -1.71. The molecular weight excluding hydrogens is 933 g/mol. The maximum atomic E-state index is 14.5. The predicted molar refractivity (Wildman–Crippen MR) is 277 cm³/mol. The molecule has 1 aromatic rings. The maximum Gasteiger partial charge on any atom is 0.311 e. The first-order valence-corrected chi connectivity index (χ1v) is 26.5. The fraction of sp³-hybridized carbons (Fsp3) is 0.788. The van der Waals surface area contributed by atoms with E-state index in [1.165, 1.54) is 14.0 Å². The highest BCUT2D eigenvalue weighted by Gasteiger charge is 2.52. The number of carbonyl (C=O) groups is 1. The SMILES string of the molecule is CC[C@H]1OC(=O)[C@H](C)[C@@H](OC2C[C@@](C)(OC)[C@@H](O)[C@H](C)O2)[C@H](C)[C@@H](O[C@H]2C[C@@H](N(C)CC/C(N)=C/NCCCOc3ccc(/C(N)=C/SN)cc3)C[C@@H](C)O2)[C@](C)(O)C[C@@H](C)CN(C)[C@H](C)[C@@H](O)[C@]1(C)O. The highest BCUT2D eigenvalue weighted by molar-refractivity contribution is 8.00. The van der Waals surface area contributed by atoms with E-state index in [2.05, 4.69) is 17.3 Å². The van der Waals surface area contributed by atoms with Crippen LogP contribution in [0.3, 0.4) is 0 Å². The van der Waals surface area contributed by atoms with Crippen molar-refractivity contribution in [3.05, 3.63) is 47.1 Å². The second-order valence-electron chi connectivity index (χ2n) is 21.4. The zero-order valence-corrected chi connectivity index (χ0v) is 45.7. The van der Waals surface area contributed by atoms with Crippen molar-refractivity contribution in [2.45, 2.75) is 198 Å². The van der Waals surface area contributed by atoms with Gasteiger partial charge in [0.1, 0.15) is 29.7 Å². The van der Waals surface area contributed by atoms with Gasteiger partial charge in [0.15, 0.2) is 12.6 Å². The first kappa shape index (κ1) is 60.8. The van der Waals surface area contributed by atoms with Gasteiger partial charge in [-0.15, -0.1) is 0 Å². The van der Waals surface area contributed by atoms with E-state index in [0.29, 0.717) is 44.8 Å². The molecule has 1 unspecified atom stereocenters. The zero-order valence-electron chi connectivity index (χ0n) is 44.9. The third-order valence-corrected chi connectivity index (χ3v) is 15.6. The molecule has 1 aromatic carbocycles. The van der Waals surface area contributed by atoms with Gasteiger partial charge >= 0.3 is 5.97 Å². The lowest BCUT2D eigenvalue weighted by molar-refractivity contribution is -0.308. The van der Waals surface area contributed by atoms with Crippen molar-refractivity contribution in [2.75, 3.05) is 47.4 Å². The summed E-state index contributed by atoms with van der Waals surface area (Å²) < 4.78 is 44.5. The number of nitrogens with one attached hydrogen (secondary N) is 1. The number of esters is 1. The normalized spacial score (nSPS) is 38.8. The Bertz CT molecular complexity index is 1850. The number of ether oxygens (including phenoxy) is 7. The molecule has 19 heteroatoms. The molecule has 0 aliphatic carbocycles. The van der Waals surface area contributed by atoms with Crippen LogP contribution in [0.1, 0.15) is 120 Å². The molecule has 11 N–H and O–H groups in total. The van der Waals surface area contributed by atoms with Gasteiger partial charge in [-0.3, -0.25) is 9.93 Å². The first-order valence-electron chi connectivity index (χ1n) is 25.6. The molecule has 408 valence electrons. The van der Waals surface area contributed by atoms with Crippen LogP contribution < -0.4 is 26.7 Å². The summed E-state index contributed by atoms with van der Waals surface area (Å²) >= 11 is 1.07. The molecule has 71 heavy (non-hydrogen) atoms. The van der Waals surface area contributed by atoms with Gasteiger partial charge in [0.05, 0.1) is 48.1 Å². The van der Waals surface area contributed by atoms with Crippen molar-refractivity contribution in [2.24, 2.45) is 34.4 Å². The number of aliphatic hydroxyl groups is 4. The number of rotatable bonds is 18. The third-order valence-electron chi connectivity index (χ3n) is 15.2. The van der Waals surface area contributed by atoms with E-state index in [-0.39, 0.29) is 37.3 Å². The summed E-state index contributed by atoms with van der Waals surface area (Å²) in [7, 11) is 5.46. The molecule has 3 aliphatic heterocycles. The van der Waals surface area contributed by atoms with E-state index in [9.17, 15) is 25.2 Å². The second kappa shape index (κ2) is 27.2. The van der Waals surface area contributed by atoms with Crippen LogP contribution in [-0.2, 0) is 33.2 Å². The number of aliphatic hydroxyl groups excluding tert-OH is 2. The lowest BCUT2D eigenvalue weighted by atomic mass is 9.77. The van der Waals surface area contributed by atoms with Crippen LogP contribution in [0.15, 0.2) is 41.6 Å². The summed E-state index contributed by atoms with van der Waals surface area (Å²) in [5, 5.41) is 57.9. The molecule has 0 bridgehead atoms. The average molecular weight is 1030 g/mol. The minimum atomic E-state index is -1.81. The molecule has 3 heterocycles. The van der Waals surface area contributed by atoms with Crippen molar-refractivity contribution in [1.82, 2.24) is 15.1 Å². The number of cyclic esters (lactones) is 1. The molecule has 17 atom stereocenters. The van der Waals surface area contributed by atoms with Gasteiger partial charge < -0.3 is 80.2 Å². The third kappa shape index (κ3) is 16.6. The molecule has 18 nitrogen and oxygen atoms in total. The van der Waals surface area contributed by atoms with Crippen LogP contribution in [0.5, 0.6) is 5.75 Å². The number of hydrogen-bond acceptors (Lipinski definition) is 19. The Kier molecular flexibility index (Phi) is 23.2. The number of likely N-dealkylation sites (N-methyl/N-ethyl adjacent to an activating group) is 1. The summed E-state index contributed by atoms with van der Waals surface area (Å²) in [5.41, 5.74) is 10.4. The van der Waals surface area contributed by atoms with Crippen molar-refractivity contribution >= 4 is 23.6 Å². The Labute approximate surface area is 428 Å². The Hall–Kier alpha value is -2.76. The highest BCUT2D eigenvalue weighted by Crippen LogP contribution is 2.40. The summed E-state index contributed by atoms with van der Waals surface area (Å²) in [6, 6.07) is 7.09. The van der Waals surface area contributed by atoms with Gasteiger partial charge in [-0.05, 0) is 124 Å². The van der Waals surface area contributed by atoms with Gasteiger partial charge in [0.25, 0.3) is 0 Å². The largest absolute Gasteiger partial charge is 0.494 e. The van der Waals surface area contributed by atoms with Crippen molar-refractivity contribution in [3.63, 3.8) is 0 Å². The standard InChI is InChI=1S/C52H92N6O12S/c1-14-42-52(10,63)46(59)35(6)58(12)29-31(2)26-50(8,62)48(33(4)45(34(5)49(61)68-42)69-44-27-51(9,64-13)47(60)36(7)67-44)70-43-25-39(24-32(3)66-43)57(11)22-20-38(53)28-56-21-15-23-65-40-18-16-37(17-19-40)41(54)30-71-55/h16-19,28,30-36,39,42-48,56,59-60,62-63H,14-15,20-27,29,53-55H2,1-13H3/b38-28-,41-30-/t31-,32-,33+,34-,35-,36+,39+,42-,43+,44?,45+,46-,47+,48-,50-,51-,52-/m1/s1. The summed E-state index contributed by atoms with van der Waals surface area (Å²) in [6.45, 7) is 20.4. The average Bonchev–Trinajstić information content (AvgIpc) is 3.31.